The number of hydrogen-bond acceptors (Lipinski definition) is 6. The molecule has 0 radical (unpaired) electrons. The molecule has 7 nitrogen and oxygen atoms in total. The first-order chi connectivity index (χ1) is 17.0. The van der Waals surface area contributed by atoms with E-state index < -0.39 is 0 Å². The Bertz CT molecular complexity index is 1400. The second-order valence-corrected chi connectivity index (χ2v) is 8.73. The van der Waals surface area contributed by atoms with Crippen LogP contribution < -0.4 is 15.8 Å². The van der Waals surface area contributed by atoms with Crippen molar-refractivity contribution in [3.63, 3.8) is 0 Å². The molecule has 0 saturated heterocycles. The Morgan fingerprint density at radius 3 is 2.80 bits per heavy atom. The summed E-state index contributed by atoms with van der Waals surface area (Å²) in [4.78, 5) is 16.3. The molecule has 1 unspecified atom stereocenters. The molecule has 1 amide bonds. The predicted molar refractivity (Wildman–Crippen MR) is 136 cm³/mol. The molecule has 1 atom stereocenters. The third kappa shape index (κ3) is 4.90. The molecule has 5 rings (SSSR count). The summed E-state index contributed by atoms with van der Waals surface area (Å²) < 4.78 is 11.7. The first-order valence-corrected chi connectivity index (χ1v) is 11.5. The molecule has 2 aromatic carbocycles. The largest absolute Gasteiger partial charge is 0.486 e. The smallest absolute Gasteiger partial charge is 0.244 e. The van der Waals surface area contributed by atoms with Gasteiger partial charge in [-0.15, -0.1) is 0 Å². The van der Waals surface area contributed by atoms with E-state index in [0.29, 0.717) is 35.3 Å². The van der Waals surface area contributed by atoms with Crippen molar-refractivity contribution >= 4 is 29.4 Å². The summed E-state index contributed by atoms with van der Waals surface area (Å²) >= 11 is 6.61. The van der Waals surface area contributed by atoms with Crippen LogP contribution in [0.15, 0.2) is 71.4 Å². The number of nitrogen functional groups attached to an aromatic ring is 1. The number of aryl methyl sites for hydroxylation is 1. The fourth-order valence-electron chi connectivity index (χ4n) is 4.10. The summed E-state index contributed by atoms with van der Waals surface area (Å²) in [7, 11) is 0. The molecule has 3 N–H and O–H groups in total. The number of fused-ring (bicyclic) bond motifs is 1. The molecule has 0 bridgehead atoms. The van der Waals surface area contributed by atoms with Gasteiger partial charge in [-0.1, -0.05) is 47.1 Å². The Morgan fingerprint density at radius 2 is 2.03 bits per heavy atom. The van der Waals surface area contributed by atoms with Gasteiger partial charge < -0.3 is 20.3 Å². The average molecular weight is 487 g/mol. The minimum absolute atomic E-state index is 0.217. The van der Waals surface area contributed by atoms with Gasteiger partial charge in [-0.3, -0.25) is 4.79 Å². The van der Waals surface area contributed by atoms with Gasteiger partial charge >= 0.3 is 0 Å². The van der Waals surface area contributed by atoms with E-state index in [-0.39, 0.29) is 12.0 Å². The van der Waals surface area contributed by atoms with Gasteiger partial charge in [0.1, 0.15) is 17.7 Å². The number of benzene rings is 2. The van der Waals surface area contributed by atoms with Gasteiger partial charge in [0.05, 0.1) is 22.8 Å². The Kier molecular flexibility index (Phi) is 6.25. The van der Waals surface area contributed by atoms with Crippen LogP contribution in [0.5, 0.6) is 5.75 Å². The summed E-state index contributed by atoms with van der Waals surface area (Å²) in [5.74, 6) is 1.56. The minimum Gasteiger partial charge on any atom is -0.486 e. The normalized spacial score (nSPS) is 14.6. The highest BCUT2D eigenvalue weighted by molar-refractivity contribution is 6.32. The van der Waals surface area contributed by atoms with Crippen LogP contribution in [0, 0.1) is 6.92 Å². The molecule has 0 aliphatic carbocycles. The van der Waals surface area contributed by atoms with E-state index in [1.165, 1.54) is 6.08 Å². The number of halogens is 1. The number of carbonyl (C=O) groups excluding carboxylic acids is 1. The number of hydrogen-bond donors (Lipinski definition) is 2. The van der Waals surface area contributed by atoms with Crippen molar-refractivity contribution < 1.29 is 14.1 Å². The Balaban J connectivity index is 1.29. The lowest BCUT2D eigenvalue weighted by Gasteiger charge is -2.11. The molecule has 0 fully saturated rings. The molecular formula is C27H23ClN4O3. The van der Waals surface area contributed by atoms with E-state index >= 15 is 0 Å². The average Bonchev–Trinajstić information content (AvgIpc) is 3.46. The highest BCUT2D eigenvalue weighted by atomic mass is 35.5. The second kappa shape index (κ2) is 9.64. The van der Waals surface area contributed by atoms with Crippen LogP contribution in [0.1, 0.15) is 16.8 Å². The summed E-state index contributed by atoms with van der Waals surface area (Å²) in [5, 5.41) is 7.58. The third-order valence-electron chi connectivity index (χ3n) is 5.78. The number of ether oxygens (including phenoxy) is 1. The van der Waals surface area contributed by atoms with Gasteiger partial charge in [-0.05, 0) is 48.4 Å². The molecule has 176 valence electrons. The number of aromatic nitrogens is 2. The number of nitrogens with one attached hydrogen (secondary N) is 1. The molecule has 0 spiro atoms. The number of rotatable bonds is 6. The van der Waals surface area contributed by atoms with E-state index in [1.807, 2.05) is 43.3 Å². The van der Waals surface area contributed by atoms with Crippen molar-refractivity contribution in [2.45, 2.75) is 19.4 Å². The van der Waals surface area contributed by atoms with Crippen LogP contribution in [-0.2, 0) is 11.2 Å². The van der Waals surface area contributed by atoms with Gasteiger partial charge in [0.2, 0.25) is 5.91 Å². The van der Waals surface area contributed by atoms with Crippen molar-refractivity contribution in [1.29, 1.82) is 0 Å². The highest BCUT2D eigenvalue weighted by Crippen LogP contribution is 2.42. The first kappa shape index (κ1) is 22.7. The summed E-state index contributed by atoms with van der Waals surface area (Å²) in [6.45, 7) is 2.26. The predicted octanol–water partition coefficient (Wildman–Crippen LogP) is 5.08. The zero-order valence-corrected chi connectivity index (χ0v) is 19.8. The Labute approximate surface area is 207 Å². The van der Waals surface area contributed by atoms with Crippen molar-refractivity contribution in [2.24, 2.45) is 0 Å². The van der Waals surface area contributed by atoms with Crippen LogP contribution in [-0.4, -0.2) is 28.7 Å². The maximum atomic E-state index is 12.3. The fraction of sp³-hybridized carbons (Fsp3) is 0.148. The van der Waals surface area contributed by atoms with Gasteiger partial charge in [0.25, 0.3) is 0 Å². The molecule has 0 saturated carbocycles. The van der Waals surface area contributed by atoms with E-state index in [0.717, 1.165) is 33.5 Å². The summed E-state index contributed by atoms with van der Waals surface area (Å²) in [5.41, 5.74) is 10.9. The van der Waals surface area contributed by atoms with Crippen LogP contribution in [0.2, 0.25) is 5.02 Å². The van der Waals surface area contributed by atoms with Crippen molar-refractivity contribution in [1.82, 2.24) is 15.5 Å². The van der Waals surface area contributed by atoms with E-state index in [4.69, 9.17) is 26.6 Å². The first-order valence-electron chi connectivity index (χ1n) is 11.2. The molecule has 3 heterocycles. The Morgan fingerprint density at radius 1 is 1.20 bits per heavy atom. The quantitative estimate of drug-likeness (QED) is 0.368. The van der Waals surface area contributed by atoms with E-state index in [9.17, 15) is 4.79 Å². The lowest BCUT2D eigenvalue weighted by molar-refractivity contribution is -0.116. The number of nitrogens with zero attached hydrogens (tertiary/aromatic N) is 2. The van der Waals surface area contributed by atoms with Crippen LogP contribution >= 0.6 is 11.6 Å². The number of amides is 1. The molecule has 4 aromatic rings. The summed E-state index contributed by atoms with van der Waals surface area (Å²) in [6.07, 6.45) is 5.15. The zero-order chi connectivity index (χ0) is 24.4. The molecule has 1 aliphatic rings. The van der Waals surface area contributed by atoms with Crippen LogP contribution in [0.25, 0.3) is 28.5 Å². The monoisotopic (exact) mass is 486 g/mol. The van der Waals surface area contributed by atoms with Gasteiger partial charge in [-0.2, -0.15) is 0 Å². The third-order valence-corrected chi connectivity index (χ3v) is 6.06. The Hall–Kier alpha value is -4.10. The molecular weight excluding hydrogens is 464 g/mol. The molecule has 2 aromatic heterocycles. The number of pyridine rings is 1. The maximum Gasteiger partial charge on any atom is 0.244 e. The molecule has 8 heteroatoms. The minimum atomic E-state index is -0.222. The SMILES string of the molecule is Cc1noc(-c2ccccc2)c1-c1cc(Cl)c2c(c1)CC(CNC(=O)C=Cc1ccc(N)nc1)O2. The molecule has 35 heavy (non-hydrogen) atoms. The van der Waals surface area contributed by atoms with Crippen molar-refractivity contribution in [2.75, 3.05) is 12.3 Å². The number of anilines is 1. The lowest BCUT2D eigenvalue weighted by Crippen LogP contribution is -2.33. The fourth-order valence-corrected chi connectivity index (χ4v) is 4.39. The van der Waals surface area contributed by atoms with E-state index in [2.05, 4.69) is 21.5 Å². The second-order valence-electron chi connectivity index (χ2n) is 8.32. The topological polar surface area (TPSA) is 103 Å². The van der Waals surface area contributed by atoms with Crippen molar-refractivity contribution in [3.05, 3.63) is 88.7 Å². The number of carbonyl (C=O) groups is 1. The van der Waals surface area contributed by atoms with Crippen molar-refractivity contribution in [3.8, 4) is 28.2 Å². The standard InChI is InChI=1S/C27H23ClN4O3/c1-16-25(27(35-32-16)18-5-3-2-4-6-18)19-11-20-12-21(34-26(20)22(28)13-19)15-31-24(33)10-8-17-7-9-23(29)30-14-17/h2-11,13-14,21H,12,15H2,1H3,(H2,29,30)(H,31,33). The summed E-state index contributed by atoms with van der Waals surface area (Å²) in [6, 6.07) is 17.3. The van der Waals surface area contributed by atoms with Gasteiger partial charge in [-0.25, -0.2) is 4.98 Å². The molecule has 1 aliphatic heterocycles. The number of nitrogens with two attached hydrogens (primary N) is 1. The maximum absolute atomic E-state index is 12.3. The van der Waals surface area contributed by atoms with Gasteiger partial charge in [0, 0.05) is 29.8 Å². The van der Waals surface area contributed by atoms with Crippen LogP contribution in [0.4, 0.5) is 5.82 Å². The van der Waals surface area contributed by atoms with E-state index in [1.54, 1.807) is 24.4 Å². The lowest BCUT2D eigenvalue weighted by atomic mass is 9.97. The van der Waals surface area contributed by atoms with Gasteiger partial charge in [0.15, 0.2) is 5.76 Å². The van der Waals surface area contributed by atoms with Crippen LogP contribution in [0.3, 0.4) is 0 Å². The highest BCUT2D eigenvalue weighted by Gasteiger charge is 2.28. The zero-order valence-electron chi connectivity index (χ0n) is 19.0.